The number of aromatic amines is 1. The van der Waals surface area contributed by atoms with Gasteiger partial charge in [-0.1, -0.05) is 17.6 Å². The minimum Gasteiger partial charge on any atom is -0.280 e. The minimum absolute atomic E-state index is 0.125. The van der Waals surface area contributed by atoms with Crippen molar-refractivity contribution in [3.63, 3.8) is 0 Å². The first kappa shape index (κ1) is 16.4. The summed E-state index contributed by atoms with van der Waals surface area (Å²) in [7, 11) is 0. The summed E-state index contributed by atoms with van der Waals surface area (Å²) in [6.07, 6.45) is 3.22. The normalized spacial score (nSPS) is 14.3. The highest BCUT2D eigenvalue weighted by Crippen LogP contribution is 2.45. The van der Waals surface area contributed by atoms with Crippen molar-refractivity contribution in [1.82, 2.24) is 13.8 Å². The third-order valence-corrected chi connectivity index (χ3v) is 6.11. The molecule has 0 unspecified atom stereocenters. The topological polar surface area (TPSA) is 67.2 Å². The molecule has 0 aliphatic heterocycles. The molecule has 7 heteroatoms. The second-order valence-corrected chi connectivity index (χ2v) is 7.92. The number of nitrogens with zero attached hydrogens (tertiary/aromatic N) is 2. The van der Waals surface area contributed by atoms with Gasteiger partial charge in [0.05, 0.1) is 10.2 Å². The van der Waals surface area contributed by atoms with Crippen molar-refractivity contribution in [3.8, 4) is 11.1 Å². The van der Waals surface area contributed by atoms with Gasteiger partial charge in [0.2, 0.25) is 0 Å². The zero-order valence-corrected chi connectivity index (χ0v) is 15.6. The molecule has 1 N–H and O–H groups in total. The van der Waals surface area contributed by atoms with Gasteiger partial charge in [0.15, 0.2) is 0 Å². The number of aryl methyl sites for hydroxylation is 2. The van der Waals surface area contributed by atoms with Crippen LogP contribution in [0.5, 0.6) is 0 Å². The Labute approximate surface area is 157 Å². The molecule has 0 aromatic carbocycles. The van der Waals surface area contributed by atoms with E-state index in [4.69, 9.17) is 0 Å². The molecule has 1 aliphatic carbocycles. The van der Waals surface area contributed by atoms with E-state index in [2.05, 4.69) is 9.36 Å². The van der Waals surface area contributed by atoms with Crippen LogP contribution in [0.4, 0.5) is 4.39 Å². The molecule has 4 aromatic rings. The van der Waals surface area contributed by atoms with Gasteiger partial charge < -0.3 is 0 Å². The highest BCUT2D eigenvalue weighted by molar-refractivity contribution is 7.13. The highest BCUT2D eigenvalue weighted by atomic mass is 32.1. The van der Waals surface area contributed by atoms with Gasteiger partial charge in [-0.05, 0) is 50.3 Å². The summed E-state index contributed by atoms with van der Waals surface area (Å²) in [4.78, 5) is 29.4. The highest BCUT2D eigenvalue weighted by Gasteiger charge is 2.31. The van der Waals surface area contributed by atoms with Crippen molar-refractivity contribution >= 4 is 27.1 Å². The average Bonchev–Trinajstić information content (AvgIpc) is 3.38. The monoisotopic (exact) mass is 381 g/mol. The van der Waals surface area contributed by atoms with E-state index in [-0.39, 0.29) is 5.39 Å². The van der Waals surface area contributed by atoms with Crippen molar-refractivity contribution in [1.29, 1.82) is 0 Å². The lowest BCUT2D eigenvalue weighted by Crippen LogP contribution is -2.20. The molecule has 27 heavy (non-hydrogen) atoms. The summed E-state index contributed by atoms with van der Waals surface area (Å²) in [6.45, 7) is 3.74. The standard InChI is InChI=1S/C20H16FN3O2S/c1-9-3-6-12(10(2)22-9)13-7-15-16(11-4-5-11)18-17(19(25)23-27-18)20(26)24(15)8-14(13)21/h3,6-8,11H,4-5H2,1-2H3,(H,23,25). The molecule has 0 spiro atoms. The maximum atomic E-state index is 15.0. The van der Waals surface area contributed by atoms with Crippen molar-refractivity contribution in [3.05, 3.63) is 67.9 Å². The molecule has 0 saturated heterocycles. The maximum absolute atomic E-state index is 15.0. The number of pyridine rings is 3. The Morgan fingerprint density at radius 2 is 2.00 bits per heavy atom. The summed E-state index contributed by atoms with van der Waals surface area (Å²) < 4.78 is 19.6. The lowest BCUT2D eigenvalue weighted by atomic mass is 10.0. The molecule has 5 rings (SSSR count). The van der Waals surface area contributed by atoms with Crippen LogP contribution in [0.1, 0.15) is 35.7 Å². The van der Waals surface area contributed by atoms with Gasteiger partial charge in [0.25, 0.3) is 11.1 Å². The van der Waals surface area contributed by atoms with Crippen LogP contribution in [-0.2, 0) is 0 Å². The fourth-order valence-electron chi connectivity index (χ4n) is 3.77. The van der Waals surface area contributed by atoms with Crippen molar-refractivity contribution in [2.45, 2.75) is 32.6 Å². The Hall–Kier alpha value is -2.80. The van der Waals surface area contributed by atoms with E-state index in [0.717, 1.165) is 29.8 Å². The molecular weight excluding hydrogens is 365 g/mol. The van der Waals surface area contributed by atoms with Crippen LogP contribution in [0.15, 0.2) is 34.0 Å². The van der Waals surface area contributed by atoms with Crippen LogP contribution in [0, 0.1) is 19.7 Å². The third-order valence-electron chi connectivity index (χ3n) is 5.19. The summed E-state index contributed by atoms with van der Waals surface area (Å²) in [5.74, 6) is -0.212. The molecule has 136 valence electrons. The molecule has 0 bridgehead atoms. The number of fused-ring (bicyclic) bond motifs is 2. The smallest absolute Gasteiger partial charge is 0.271 e. The fourth-order valence-corrected chi connectivity index (χ4v) is 4.73. The van der Waals surface area contributed by atoms with Gasteiger partial charge >= 0.3 is 0 Å². The van der Waals surface area contributed by atoms with E-state index in [1.807, 2.05) is 26.0 Å². The fraction of sp³-hybridized carbons (Fsp3) is 0.250. The Morgan fingerprint density at radius 1 is 1.22 bits per heavy atom. The number of rotatable bonds is 2. The van der Waals surface area contributed by atoms with Gasteiger partial charge in [-0.3, -0.25) is 23.3 Å². The predicted molar refractivity (Wildman–Crippen MR) is 104 cm³/mol. The summed E-state index contributed by atoms with van der Waals surface area (Å²) in [6, 6.07) is 5.43. The van der Waals surface area contributed by atoms with Crippen molar-refractivity contribution in [2.75, 3.05) is 0 Å². The quantitative estimate of drug-likeness (QED) is 0.573. The minimum atomic E-state index is -0.508. The van der Waals surface area contributed by atoms with Gasteiger partial charge in [-0.2, -0.15) is 0 Å². The van der Waals surface area contributed by atoms with Gasteiger partial charge in [-0.25, -0.2) is 4.39 Å². The molecule has 0 atom stereocenters. The van der Waals surface area contributed by atoms with Gasteiger partial charge in [-0.15, -0.1) is 0 Å². The first-order chi connectivity index (χ1) is 13.0. The van der Waals surface area contributed by atoms with Crippen LogP contribution in [-0.4, -0.2) is 13.8 Å². The van der Waals surface area contributed by atoms with Crippen LogP contribution < -0.4 is 11.1 Å². The summed E-state index contributed by atoms with van der Waals surface area (Å²) >= 11 is 1.19. The first-order valence-corrected chi connectivity index (χ1v) is 9.61. The second kappa shape index (κ2) is 5.60. The predicted octanol–water partition coefficient (Wildman–Crippen LogP) is 3.90. The third kappa shape index (κ3) is 2.38. The van der Waals surface area contributed by atoms with Crippen LogP contribution in [0.3, 0.4) is 0 Å². The average molecular weight is 381 g/mol. The summed E-state index contributed by atoms with van der Waals surface area (Å²) in [5.41, 5.74) is 3.48. The van der Waals surface area contributed by atoms with Crippen molar-refractivity contribution in [2.24, 2.45) is 0 Å². The SMILES string of the molecule is Cc1ccc(-c2cc3c(C4CC4)c4s[nH]c(=O)c4c(=O)n3cc2F)c(C)n1. The largest absolute Gasteiger partial charge is 0.280 e. The van der Waals surface area contributed by atoms with Gasteiger partial charge in [0.1, 0.15) is 11.2 Å². The molecule has 0 amide bonds. The zero-order valence-electron chi connectivity index (χ0n) is 14.8. The molecule has 1 aliphatic rings. The molecule has 4 heterocycles. The molecule has 0 radical (unpaired) electrons. The number of aromatic nitrogens is 3. The first-order valence-electron chi connectivity index (χ1n) is 8.79. The lowest BCUT2D eigenvalue weighted by Gasteiger charge is -2.13. The Kier molecular flexibility index (Phi) is 3.40. The van der Waals surface area contributed by atoms with Crippen LogP contribution >= 0.6 is 11.5 Å². The number of halogens is 1. The number of hydrogen-bond acceptors (Lipinski definition) is 4. The van der Waals surface area contributed by atoms with Gasteiger partial charge in [0, 0.05) is 28.7 Å². The van der Waals surface area contributed by atoms with E-state index in [0.29, 0.717) is 27.3 Å². The van der Waals surface area contributed by atoms with Crippen LogP contribution in [0.25, 0.3) is 26.7 Å². The molecule has 5 nitrogen and oxygen atoms in total. The van der Waals surface area contributed by atoms with E-state index in [9.17, 15) is 14.0 Å². The van der Waals surface area contributed by atoms with Crippen molar-refractivity contribution < 1.29 is 4.39 Å². The van der Waals surface area contributed by atoms with E-state index in [1.54, 1.807) is 6.07 Å². The zero-order chi connectivity index (χ0) is 18.9. The summed E-state index contributed by atoms with van der Waals surface area (Å²) in [5, 5.41) is 0.125. The number of H-pyrrole nitrogens is 1. The number of hydrogen-bond donors (Lipinski definition) is 1. The lowest BCUT2D eigenvalue weighted by molar-refractivity contribution is 0.621. The van der Waals surface area contributed by atoms with E-state index < -0.39 is 16.9 Å². The number of nitrogens with one attached hydrogen (secondary N) is 1. The Balaban J connectivity index is 1.93. The van der Waals surface area contributed by atoms with Crippen LogP contribution in [0.2, 0.25) is 0 Å². The van der Waals surface area contributed by atoms with E-state index in [1.165, 1.54) is 22.1 Å². The molecule has 4 aromatic heterocycles. The molecule has 1 saturated carbocycles. The molecule has 1 fully saturated rings. The maximum Gasteiger partial charge on any atom is 0.271 e. The Morgan fingerprint density at radius 3 is 2.70 bits per heavy atom. The Bertz CT molecular complexity index is 1360. The second-order valence-electron chi connectivity index (χ2n) is 7.11. The van der Waals surface area contributed by atoms with E-state index >= 15 is 0 Å². The molecular formula is C20H16FN3O2S.